The molecule has 86 heavy (non-hydrogen) atoms. The van der Waals surface area contributed by atoms with E-state index in [0.29, 0.717) is 60.4 Å². The van der Waals surface area contributed by atoms with Crippen LogP contribution in [0.5, 0.6) is 23.3 Å². The first-order chi connectivity index (χ1) is 38.0. The summed E-state index contributed by atoms with van der Waals surface area (Å²) in [4.78, 5) is 47.7. The number of aromatic hydroxyl groups is 2. The number of ether oxygens (including phenoxy) is 2. The van der Waals surface area contributed by atoms with E-state index >= 15 is 0 Å². The van der Waals surface area contributed by atoms with Crippen molar-refractivity contribution in [3.05, 3.63) is 114 Å². The van der Waals surface area contributed by atoms with Crippen molar-refractivity contribution < 1.29 is 165 Å². The van der Waals surface area contributed by atoms with E-state index in [1.165, 1.54) is 78.3 Å². The van der Waals surface area contributed by atoms with E-state index in [2.05, 4.69) is 90.4 Å². The fraction of sp³-hybridized carbons (Fsp3) is 0.436. The molecule has 2 aromatic carbocycles. The van der Waals surface area contributed by atoms with Gasteiger partial charge in [0, 0.05) is 53.0 Å². The number of hydrogen-bond donors (Lipinski definition) is 5. The first-order valence-corrected chi connectivity index (χ1v) is 29.4. The number of anilines is 1. The molecule has 6 heterocycles. The summed E-state index contributed by atoms with van der Waals surface area (Å²) in [6, 6.07) is 19.3. The van der Waals surface area contributed by atoms with Crippen molar-refractivity contribution in [3.8, 4) is 34.9 Å². The fourth-order valence-corrected chi connectivity index (χ4v) is 11.2. The molecule has 23 nitrogen and oxygen atoms in total. The van der Waals surface area contributed by atoms with Gasteiger partial charge in [0.2, 0.25) is 11.8 Å². The minimum absolute atomic E-state index is 0. The predicted octanol–water partition coefficient (Wildman–Crippen LogP) is 1.42. The number of nitrogens with one attached hydrogen (secondary N) is 3. The molecule has 462 valence electrons. The van der Waals surface area contributed by atoms with Crippen LogP contribution < -0.4 is 137 Å². The van der Waals surface area contributed by atoms with E-state index in [-0.39, 0.29) is 204 Å². The Labute approximate surface area is 613 Å². The third-order valence-electron chi connectivity index (χ3n) is 14.0. The number of benzene rings is 2. The summed E-state index contributed by atoms with van der Waals surface area (Å²) in [6.45, 7) is 20.3. The number of nitrogens with zero attached hydrogens (tertiary/aromatic N) is 7. The summed E-state index contributed by atoms with van der Waals surface area (Å²) in [5.74, 6) is 1.52. The van der Waals surface area contributed by atoms with Crippen LogP contribution in [0, 0.1) is 22.7 Å². The molecule has 2 atom stereocenters. The van der Waals surface area contributed by atoms with Gasteiger partial charge in [0.25, 0.3) is 38.3 Å². The number of phenolic OH excluding ortho intramolecular Hbond substituents is 2. The van der Waals surface area contributed by atoms with E-state index < -0.39 is 31.9 Å². The van der Waals surface area contributed by atoms with Crippen molar-refractivity contribution in [1.29, 1.82) is 0 Å². The molecule has 0 bridgehead atoms. The summed E-state index contributed by atoms with van der Waals surface area (Å²) >= 11 is 6.13. The summed E-state index contributed by atoms with van der Waals surface area (Å²) in [7, 11) is -8.31. The molecule has 2 saturated heterocycles. The van der Waals surface area contributed by atoms with Crippen molar-refractivity contribution in [2.45, 2.75) is 115 Å². The molecular formula is C55H74Cl2K2N10O13S4. The van der Waals surface area contributed by atoms with E-state index in [1.807, 2.05) is 4.72 Å². The third kappa shape index (κ3) is 22.4. The van der Waals surface area contributed by atoms with Crippen LogP contribution in [0.4, 0.5) is 5.82 Å². The Bertz CT molecular complexity index is 3460. The van der Waals surface area contributed by atoms with Crippen LogP contribution in [0.15, 0.2) is 107 Å². The number of amides is 2. The minimum atomic E-state index is -4.17. The average molecular weight is 1360 g/mol. The van der Waals surface area contributed by atoms with Gasteiger partial charge < -0.3 is 41.5 Å². The first-order valence-electron chi connectivity index (χ1n) is 26.0. The number of phenols is 2. The zero-order valence-electron chi connectivity index (χ0n) is 50.7. The number of rotatable bonds is 16. The van der Waals surface area contributed by atoms with Gasteiger partial charge in [0.15, 0.2) is 11.6 Å². The number of pyridine rings is 2. The maximum Gasteiger partial charge on any atom is 1.00 e. The summed E-state index contributed by atoms with van der Waals surface area (Å²) in [5.41, 5.74) is 0.596. The van der Waals surface area contributed by atoms with Gasteiger partial charge in [-0.1, -0.05) is 39.3 Å². The predicted molar refractivity (Wildman–Crippen MR) is 326 cm³/mol. The second-order valence-corrected chi connectivity index (χ2v) is 26.5. The Morgan fingerprint density at radius 2 is 1.12 bits per heavy atom. The van der Waals surface area contributed by atoms with Crippen molar-refractivity contribution in [2.75, 3.05) is 31.2 Å². The minimum Gasteiger partial charge on any atom is -1.00 e. The molecular weight excluding hydrogens is 1290 g/mol. The number of hydrogen-bond acceptors (Lipinski definition) is 19. The van der Waals surface area contributed by atoms with Crippen LogP contribution in [0.1, 0.15) is 116 Å². The van der Waals surface area contributed by atoms with Gasteiger partial charge in [-0.2, -0.15) is 27.0 Å². The Morgan fingerprint density at radius 3 is 1.47 bits per heavy atom. The Balaban J connectivity index is 0.000000697. The smallest absolute Gasteiger partial charge is 1.00 e. The Kier molecular flexibility index (Phi) is 30.6. The maximum absolute atomic E-state index is 13.4. The largest absolute Gasteiger partial charge is 1.00 e. The number of carbonyl (C=O) groups excluding carboxylic acids is 3. The van der Waals surface area contributed by atoms with Crippen LogP contribution in [-0.4, -0.2) is 112 Å². The van der Waals surface area contributed by atoms with Gasteiger partial charge in [0.1, 0.15) is 22.5 Å². The standard InChI is InChI=1S/C27H33N5O5S.C20H19ClN4O5S.C7H15N.CH2O3.ClH.2K.2H2S.H/c1-18-15-26(2,3)31(16-18)24-21(25(34)30-38(35,36)20-7-5-19(33)6-8-20)9-10-22(28-24)32-14-11-23(29-32)37-17-27(4)12-13-27;1-20(9-10-20)12-30-17-8-11-25(23-17)16-7-6-15(18(21)22-16)19(27)24-31(28,29)14-4-2-13(26)3-5-14;1-6-4-7(2,3)8-5-6;2-1-4-3;;;;;;/h5-11,14,18,33H,12-13,15-17H2,1-4H3,(H,30,34);2-8,11,26H,9-10,12H2,1H3,(H,24,27);6,8H,4-5H2,1-3H3;1,3H;1H;;;2*1H2;/q;;;;;2*+1;;;-1/p-1/t18-;;6-;;;;;;;/m0.0......./s1. The summed E-state index contributed by atoms with van der Waals surface area (Å²) < 4.78 is 69.2. The molecule has 2 aliphatic heterocycles. The fourth-order valence-electron chi connectivity index (χ4n) is 9.05. The van der Waals surface area contributed by atoms with Gasteiger partial charge in [-0.05, 0) is 157 Å². The van der Waals surface area contributed by atoms with Gasteiger partial charge in [-0.3, -0.25) is 14.4 Å². The number of aromatic nitrogens is 6. The van der Waals surface area contributed by atoms with Crippen LogP contribution in [0.3, 0.4) is 0 Å². The molecule has 31 heteroatoms. The normalized spacial score (nSPS) is 17.6. The molecule has 0 radical (unpaired) electrons. The quantitative estimate of drug-likeness (QED) is 0.0301. The third-order valence-corrected chi connectivity index (χ3v) is 17.0. The van der Waals surface area contributed by atoms with Crippen LogP contribution >= 0.6 is 51.0 Å². The van der Waals surface area contributed by atoms with Crippen molar-refractivity contribution >= 4 is 95.2 Å². The zero-order chi connectivity index (χ0) is 59.1. The maximum atomic E-state index is 13.4. The molecule has 10 rings (SSSR count). The summed E-state index contributed by atoms with van der Waals surface area (Å²) in [5, 5.41) is 39.3. The van der Waals surface area contributed by atoms with E-state index in [4.69, 9.17) is 36.1 Å². The Morgan fingerprint density at radius 1 is 0.698 bits per heavy atom. The summed E-state index contributed by atoms with van der Waals surface area (Å²) in [6.07, 6.45) is 10.2. The van der Waals surface area contributed by atoms with Crippen LogP contribution in [0.2, 0.25) is 5.15 Å². The molecule has 2 aliphatic carbocycles. The molecule has 4 aromatic heterocycles. The van der Waals surface area contributed by atoms with Gasteiger partial charge >= 0.3 is 103 Å². The SMILES string of the molecule is CC1(COc2ccn(-c3ccc(C(=O)NS(=O)(=O)c4ccc(O)cc4)c(Cl)n3)n2)CC1.C[C@@H]1CN(c2nc(-n3ccc(OCC4(C)CC4)n3)ccc2C(=O)NS(=O)(=O)c2ccc(O)cc2)C(C)(C)C1.C[C@@H]1CNC(C)(C)C1.Cl.O=CO[O-].S.S.[H-].[K+].[K+]. The van der Waals surface area contributed by atoms with Gasteiger partial charge in [0.05, 0.1) is 34.1 Å². The topological polar surface area (TPSA) is 311 Å². The molecule has 4 aliphatic rings. The monoisotopic (exact) mass is 1360 g/mol. The van der Waals surface area contributed by atoms with E-state index in [0.717, 1.165) is 38.0 Å². The first kappa shape index (κ1) is 79.0. The average Bonchev–Trinajstić information content (AvgIpc) is 1.98. The molecule has 6 aromatic rings. The molecule has 2 amide bonds. The van der Waals surface area contributed by atoms with Crippen molar-refractivity contribution in [1.82, 2.24) is 44.3 Å². The molecule has 0 spiro atoms. The zero-order valence-corrected chi connectivity index (χ0v) is 61.1. The second-order valence-electron chi connectivity index (χ2n) is 22.8. The van der Waals surface area contributed by atoms with Crippen LogP contribution in [0.25, 0.3) is 11.6 Å². The number of sulfonamides is 2. The van der Waals surface area contributed by atoms with Gasteiger partial charge in [-0.15, -0.1) is 22.6 Å². The number of halogens is 2. The van der Waals surface area contributed by atoms with E-state index in [1.54, 1.807) is 41.3 Å². The molecule has 0 unspecified atom stereocenters. The molecule has 4 fully saturated rings. The second kappa shape index (κ2) is 33.3. The van der Waals surface area contributed by atoms with Crippen LogP contribution in [-0.2, 0) is 29.7 Å². The van der Waals surface area contributed by atoms with Crippen molar-refractivity contribution in [3.63, 3.8) is 0 Å². The molecule has 5 N–H and O–H groups in total. The van der Waals surface area contributed by atoms with Crippen molar-refractivity contribution in [2.24, 2.45) is 22.7 Å². The number of carbonyl (C=O) groups is 3. The Hall–Kier alpha value is -3.06. The van der Waals surface area contributed by atoms with Gasteiger partial charge in [-0.25, -0.2) is 45.6 Å². The molecule has 2 saturated carbocycles. The van der Waals surface area contributed by atoms with E-state index in [9.17, 15) is 36.6 Å².